The number of ether oxygens (including phenoxy) is 2. The molecule has 186 valence electrons. The minimum Gasteiger partial charge on any atom is -0.493 e. The number of nitrogens with zero attached hydrogens (tertiary/aromatic N) is 1. The van der Waals surface area contributed by atoms with Crippen LogP contribution in [0.25, 0.3) is 0 Å². The van der Waals surface area contributed by atoms with Gasteiger partial charge >= 0.3 is 0 Å². The van der Waals surface area contributed by atoms with Gasteiger partial charge in [0.15, 0.2) is 11.5 Å². The number of aryl methyl sites for hydroxylation is 1. The number of rotatable bonds is 11. The third-order valence-electron chi connectivity index (χ3n) is 5.17. The van der Waals surface area contributed by atoms with Crippen LogP contribution in [0, 0.1) is 0 Å². The van der Waals surface area contributed by atoms with Gasteiger partial charge in [-0.15, -0.1) is 0 Å². The third-order valence-corrected chi connectivity index (χ3v) is 7.39. The monoisotopic (exact) mass is 536 g/mol. The normalized spacial score (nSPS) is 11.1. The topological polar surface area (TPSA) is 84.9 Å². The molecule has 1 amide bonds. The zero-order valence-corrected chi connectivity index (χ0v) is 21.7. The number of hydrogen-bond acceptors (Lipinski definition) is 5. The maximum atomic E-state index is 13.4. The molecule has 0 saturated carbocycles. The highest BCUT2D eigenvalue weighted by Crippen LogP contribution is 2.30. The second-order valence-electron chi connectivity index (χ2n) is 7.60. The van der Waals surface area contributed by atoms with E-state index < -0.39 is 22.5 Å². The van der Waals surface area contributed by atoms with E-state index in [9.17, 15) is 13.2 Å². The van der Waals surface area contributed by atoms with Gasteiger partial charge in [-0.2, -0.15) is 0 Å². The van der Waals surface area contributed by atoms with E-state index in [-0.39, 0.29) is 20.6 Å². The Morgan fingerprint density at radius 3 is 2.20 bits per heavy atom. The molecule has 0 aliphatic carbocycles. The van der Waals surface area contributed by atoms with Crippen molar-refractivity contribution in [3.8, 4) is 11.5 Å². The van der Waals surface area contributed by atoms with Gasteiger partial charge in [-0.3, -0.25) is 9.10 Å². The molecule has 0 saturated heterocycles. The summed E-state index contributed by atoms with van der Waals surface area (Å²) in [6.07, 6.45) is 1.34. The Morgan fingerprint density at radius 1 is 0.914 bits per heavy atom. The summed E-state index contributed by atoms with van der Waals surface area (Å²) in [7, 11) is -0.892. The lowest BCUT2D eigenvalue weighted by molar-refractivity contribution is -0.119. The van der Waals surface area contributed by atoms with Crippen molar-refractivity contribution >= 4 is 44.8 Å². The van der Waals surface area contributed by atoms with Gasteiger partial charge in [0.2, 0.25) is 5.91 Å². The third kappa shape index (κ3) is 7.04. The molecule has 0 radical (unpaired) electrons. The summed E-state index contributed by atoms with van der Waals surface area (Å²) >= 11 is 12.2. The number of anilines is 1. The number of carbonyl (C=O) groups is 1. The molecule has 0 unspecified atom stereocenters. The van der Waals surface area contributed by atoms with Gasteiger partial charge in [-0.25, -0.2) is 8.42 Å². The standard InChI is InChI=1S/C25H26Cl2N2O5S/c1-33-23-11-10-18(13-24(23)34-2)7-6-12-28-25(30)17-29(21-15-19(26)14-20(27)16-21)35(31,32)22-8-4-3-5-9-22/h3-5,8-11,13-16H,6-7,12,17H2,1-2H3,(H,28,30). The van der Waals surface area contributed by atoms with E-state index in [0.717, 1.165) is 9.87 Å². The molecule has 0 aliphatic rings. The van der Waals surface area contributed by atoms with Crippen molar-refractivity contribution in [2.75, 3.05) is 31.6 Å². The van der Waals surface area contributed by atoms with E-state index in [4.69, 9.17) is 32.7 Å². The number of benzene rings is 3. The van der Waals surface area contributed by atoms with Crippen LogP contribution in [0.15, 0.2) is 71.6 Å². The average Bonchev–Trinajstić information content (AvgIpc) is 2.84. The molecule has 3 rings (SSSR count). The molecule has 0 bridgehead atoms. The summed E-state index contributed by atoms with van der Waals surface area (Å²) in [6, 6.07) is 17.9. The summed E-state index contributed by atoms with van der Waals surface area (Å²) < 4.78 is 38.3. The highest BCUT2D eigenvalue weighted by atomic mass is 35.5. The second kappa shape index (κ2) is 12.2. The maximum Gasteiger partial charge on any atom is 0.264 e. The molecule has 0 aliphatic heterocycles. The van der Waals surface area contributed by atoms with Gasteiger partial charge in [0, 0.05) is 16.6 Å². The van der Waals surface area contributed by atoms with Gasteiger partial charge in [-0.05, 0) is 60.9 Å². The average molecular weight is 537 g/mol. The zero-order valence-electron chi connectivity index (χ0n) is 19.3. The predicted molar refractivity (Wildman–Crippen MR) is 138 cm³/mol. The number of hydrogen-bond donors (Lipinski definition) is 1. The van der Waals surface area contributed by atoms with Gasteiger partial charge < -0.3 is 14.8 Å². The predicted octanol–water partition coefficient (Wildman–Crippen LogP) is 4.95. The second-order valence-corrected chi connectivity index (χ2v) is 10.3. The van der Waals surface area contributed by atoms with E-state index in [1.807, 2.05) is 18.2 Å². The first-order valence-corrected chi connectivity index (χ1v) is 13.0. The van der Waals surface area contributed by atoms with Crippen molar-refractivity contribution < 1.29 is 22.7 Å². The van der Waals surface area contributed by atoms with Crippen LogP contribution in [0.4, 0.5) is 5.69 Å². The van der Waals surface area contributed by atoms with Crippen LogP contribution in [-0.4, -0.2) is 41.6 Å². The highest BCUT2D eigenvalue weighted by Gasteiger charge is 2.27. The number of amides is 1. The zero-order chi connectivity index (χ0) is 25.4. The van der Waals surface area contributed by atoms with Crippen molar-refractivity contribution in [3.63, 3.8) is 0 Å². The summed E-state index contributed by atoms with van der Waals surface area (Å²) in [4.78, 5) is 12.8. The van der Waals surface area contributed by atoms with Crippen molar-refractivity contribution in [1.82, 2.24) is 5.32 Å². The van der Waals surface area contributed by atoms with E-state index >= 15 is 0 Å². The van der Waals surface area contributed by atoms with Crippen LogP contribution in [0.3, 0.4) is 0 Å². The number of sulfonamides is 1. The minimum atomic E-state index is -4.04. The van der Waals surface area contributed by atoms with E-state index in [2.05, 4.69) is 5.32 Å². The molecule has 10 heteroatoms. The summed E-state index contributed by atoms with van der Waals surface area (Å²) in [6.45, 7) is -0.0625. The molecule has 0 atom stereocenters. The van der Waals surface area contributed by atoms with E-state index in [0.29, 0.717) is 30.9 Å². The molecule has 0 heterocycles. The largest absolute Gasteiger partial charge is 0.493 e. The van der Waals surface area contributed by atoms with Crippen LogP contribution in [0.1, 0.15) is 12.0 Å². The molecular weight excluding hydrogens is 511 g/mol. The molecule has 3 aromatic rings. The molecule has 0 fully saturated rings. The van der Waals surface area contributed by atoms with Crippen molar-refractivity contribution in [3.05, 3.63) is 82.3 Å². The summed E-state index contributed by atoms with van der Waals surface area (Å²) in [5.41, 5.74) is 1.23. The first-order chi connectivity index (χ1) is 16.7. The Bertz CT molecular complexity index is 1250. The number of nitrogens with one attached hydrogen (secondary N) is 1. The summed E-state index contributed by atoms with van der Waals surface area (Å²) in [5.74, 6) is 0.828. The Balaban J connectivity index is 1.69. The fourth-order valence-corrected chi connectivity index (χ4v) is 5.40. The molecule has 1 N–H and O–H groups in total. The Kier molecular flexibility index (Phi) is 9.26. The number of methoxy groups -OCH3 is 2. The molecular formula is C25H26Cl2N2O5S. The molecule has 0 aromatic heterocycles. The molecule has 3 aromatic carbocycles. The van der Waals surface area contributed by atoms with Crippen LogP contribution >= 0.6 is 23.2 Å². The first kappa shape index (κ1) is 26.7. The number of halogens is 2. The quantitative estimate of drug-likeness (QED) is 0.350. The first-order valence-electron chi connectivity index (χ1n) is 10.8. The van der Waals surface area contributed by atoms with Crippen molar-refractivity contribution in [1.29, 1.82) is 0 Å². The van der Waals surface area contributed by atoms with Gasteiger partial charge in [0.25, 0.3) is 10.0 Å². The fraction of sp³-hybridized carbons (Fsp3) is 0.240. The summed E-state index contributed by atoms with van der Waals surface area (Å²) in [5, 5.41) is 3.31. The maximum absolute atomic E-state index is 13.4. The van der Waals surface area contributed by atoms with E-state index in [1.54, 1.807) is 32.4 Å². The van der Waals surface area contributed by atoms with Crippen LogP contribution in [0.5, 0.6) is 11.5 Å². The highest BCUT2D eigenvalue weighted by molar-refractivity contribution is 7.92. The van der Waals surface area contributed by atoms with Gasteiger partial charge in [0.1, 0.15) is 6.54 Å². The molecule has 0 spiro atoms. The molecule has 7 nitrogen and oxygen atoms in total. The van der Waals surface area contributed by atoms with Crippen LogP contribution in [0.2, 0.25) is 10.0 Å². The van der Waals surface area contributed by atoms with Crippen molar-refractivity contribution in [2.24, 2.45) is 0 Å². The van der Waals surface area contributed by atoms with Gasteiger partial charge in [-0.1, -0.05) is 47.5 Å². The smallest absolute Gasteiger partial charge is 0.264 e. The van der Waals surface area contributed by atoms with Gasteiger partial charge in [0.05, 0.1) is 24.8 Å². The lowest BCUT2D eigenvalue weighted by atomic mass is 10.1. The minimum absolute atomic E-state index is 0.0531. The van der Waals surface area contributed by atoms with Crippen molar-refractivity contribution in [2.45, 2.75) is 17.7 Å². The van der Waals surface area contributed by atoms with Crippen LogP contribution < -0.4 is 19.1 Å². The lowest BCUT2D eigenvalue weighted by Crippen LogP contribution is -2.41. The van der Waals surface area contributed by atoms with E-state index in [1.165, 1.54) is 30.3 Å². The lowest BCUT2D eigenvalue weighted by Gasteiger charge is -2.24. The Morgan fingerprint density at radius 2 is 1.57 bits per heavy atom. The Hall–Kier alpha value is -2.94. The SMILES string of the molecule is COc1ccc(CCCNC(=O)CN(c2cc(Cl)cc(Cl)c2)S(=O)(=O)c2ccccc2)cc1OC. The fourth-order valence-electron chi connectivity index (χ4n) is 3.46. The Labute approximate surface area is 215 Å². The van der Waals surface area contributed by atoms with Crippen LogP contribution in [-0.2, 0) is 21.2 Å². The number of carbonyl (C=O) groups excluding carboxylic acids is 1. The molecule has 35 heavy (non-hydrogen) atoms.